The van der Waals surface area contributed by atoms with E-state index in [4.69, 9.17) is 10.5 Å². The van der Waals surface area contributed by atoms with Crippen molar-refractivity contribution in [2.45, 2.75) is 52.6 Å². The molecule has 1 rings (SSSR count). The molecule has 4 nitrogen and oxygen atoms in total. The number of nitrogens with zero attached hydrogens (tertiary/aromatic N) is 2. The Balaban J connectivity index is 2.98. The van der Waals surface area contributed by atoms with E-state index in [2.05, 4.69) is 30.7 Å². The maximum Gasteiger partial charge on any atom is 0.122 e. The van der Waals surface area contributed by atoms with Gasteiger partial charge in [0.2, 0.25) is 0 Å². The summed E-state index contributed by atoms with van der Waals surface area (Å²) < 4.78 is 5.33. The Morgan fingerprint density at radius 1 is 1.35 bits per heavy atom. The van der Waals surface area contributed by atoms with E-state index < -0.39 is 0 Å². The molecule has 0 aliphatic carbocycles. The third-order valence-corrected chi connectivity index (χ3v) is 4.03. The fraction of sp³-hybridized carbons (Fsp3) is 0.688. The van der Waals surface area contributed by atoms with Crippen LogP contribution in [-0.2, 0) is 6.54 Å². The molecule has 20 heavy (non-hydrogen) atoms. The molecule has 0 fully saturated rings. The van der Waals surface area contributed by atoms with Crippen LogP contribution in [0.5, 0.6) is 5.75 Å². The predicted octanol–water partition coefficient (Wildman–Crippen LogP) is 2.74. The Kier molecular flexibility index (Phi) is 6.43. The molecule has 114 valence electrons. The van der Waals surface area contributed by atoms with Crippen molar-refractivity contribution in [2.24, 2.45) is 5.73 Å². The number of methoxy groups -OCH3 is 1. The number of aromatic nitrogens is 1. The molecule has 2 N–H and O–H groups in total. The molecule has 0 radical (unpaired) electrons. The second-order valence-electron chi connectivity index (χ2n) is 5.62. The summed E-state index contributed by atoms with van der Waals surface area (Å²) >= 11 is 0. The van der Waals surface area contributed by atoms with Crippen molar-refractivity contribution < 1.29 is 4.74 Å². The first-order chi connectivity index (χ1) is 9.48. The zero-order valence-electron chi connectivity index (χ0n) is 13.6. The van der Waals surface area contributed by atoms with E-state index in [0.29, 0.717) is 6.54 Å². The molecule has 1 unspecified atom stereocenters. The number of hydrogen-bond acceptors (Lipinski definition) is 4. The van der Waals surface area contributed by atoms with Crippen LogP contribution in [0, 0.1) is 6.92 Å². The van der Waals surface area contributed by atoms with Crippen molar-refractivity contribution in [3.63, 3.8) is 0 Å². The third kappa shape index (κ3) is 4.18. The zero-order valence-corrected chi connectivity index (χ0v) is 13.6. The molecule has 1 aromatic rings. The molecule has 0 bridgehead atoms. The van der Waals surface area contributed by atoms with Gasteiger partial charge < -0.3 is 10.5 Å². The Morgan fingerprint density at radius 2 is 2.05 bits per heavy atom. The maximum absolute atomic E-state index is 6.00. The van der Waals surface area contributed by atoms with Crippen molar-refractivity contribution in [2.75, 3.05) is 20.2 Å². The van der Waals surface area contributed by atoms with Crippen molar-refractivity contribution in [3.8, 4) is 5.75 Å². The van der Waals surface area contributed by atoms with E-state index in [-0.39, 0.29) is 5.54 Å². The van der Waals surface area contributed by atoms with Crippen molar-refractivity contribution in [1.82, 2.24) is 9.88 Å². The van der Waals surface area contributed by atoms with Crippen molar-refractivity contribution in [3.05, 3.63) is 23.5 Å². The Morgan fingerprint density at radius 3 is 2.55 bits per heavy atom. The molecule has 0 saturated carbocycles. The number of hydrogen-bond donors (Lipinski definition) is 1. The number of ether oxygens (including phenoxy) is 1. The average Bonchev–Trinajstić information content (AvgIpc) is 2.45. The molecule has 0 aromatic carbocycles. The first-order valence-electron chi connectivity index (χ1n) is 7.45. The minimum absolute atomic E-state index is 0.0225. The lowest BCUT2D eigenvalue weighted by Crippen LogP contribution is -2.51. The van der Waals surface area contributed by atoms with E-state index in [1.807, 2.05) is 19.1 Å². The summed E-state index contributed by atoms with van der Waals surface area (Å²) in [6, 6.07) is 3.97. The summed E-state index contributed by atoms with van der Waals surface area (Å²) in [5, 5.41) is 0. The van der Waals surface area contributed by atoms with Gasteiger partial charge in [0.15, 0.2) is 0 Å². The van der Waals surface area contributed by atoms with Gasteiger partial charge in [0.05, 0.1) is 12.8 Å². The molecule has 4 heteroatoms. The second kappa shape index (κ2) is 7.60. The molecule has 0 amide bonds. The monoisotopic (exact) mass is 279 g/mol. The van der Waals surface area contributed by atoms with E-state index in [9.17, 15) is 0 Å². The van der Waals surface area contributed by atoms with E-state index >= 15 is 0 Å². The molecular weight excluding hydrogens is 250 g/mol. The maximum atomic E-state index is 6.00. The zero-order chi connectivity index (χ0) is 15.2. The summed E-state index contributed by atoms with van der Waals surface area (Å²) in [4.78, 5) is 7.06. The standard InChI is InChI=1S/C16H29N3O/c1-6-8-19(16(4,7-2)12-17)11-14-10-15(20-5)9-13(3)18-14/h9-10H,6-8,11-12,17H2,1-5H3. The smallest absolute Gasteiger partial charge is 0.122 e. The van der Waals surface area contributed by atoms with Gasteiger partial charge in [-0.25, -0.2) is 0 Å². The van der Waals surface area contributed by atoms with Gasteiger partial charge in [-0.2, -0.15) is 0 Å². The quantitative estimate of drug-likeness (QED) is 0.795. The number of rotatable bonds is 8. The highest BCUT2D eigenvalue weighted by Gasteiger charge is 2.28. The molecule has 1 atom stereocenters. The van der Waals surface area contributed by atoms with Gasteiger partial charge in [-0.3, -0.25) is 9.88 Å². The highest BCUT2D eigenvalue weighted by Crippen LogP contribution is 2.22. The summed E-state index contributed by atoms with van der Waals surface area (Å²) in [5.41, 5.74) is 8.06. The van der Waals surface area contributed by atoms with Crippen LogP contribution in [0.25, 0.3) is 0 Å². The fourth-order valence-electron chi connectivity index (χ4n) is 2.40. The SMILES string of the molecule is CCCN(Cc1cc(OC)cc(C)n1)C(C)(CC)CN. The lowest BCUT2D eigenvalue weighted by molar-refractivity contribution is 0.0957. The van der Waals surface area contributed by atoms with E-state index in [1.54, 1.807) is 7.11 Å². The minimum atomic E-state index is 0.0225. The first-order valence-corrected chi connectivity index (χ1v) is 7.45. The second-order valence-corrected chi connectivity index (χ2v) is 5.62. The van der Waals surface area contributed by atoms with Gasteiger partial charge in [0.25, 0.3) is 0 Å². The van der Waals surface area contributed by atoms with Crippen LogP contribution in [0.4, 0.5) is 0 Å². The van der Waals surface area contributed by atoms with Crippen LogP contribution >= 0.6 is 0 Å². The Hall–Kier alpha value is -1.13. The van der Waals surface area contributed by atoms with Gasteiger partial charge in [-0.15, -0.1) is 0 Å². The van der Waals surface area contributed by atoms with Crippen LogP contribution in [0.2, 0.25) is 0 Å². The lowest BCUT2D eigenvalue weighted by Gasteiger charge is -2.40. The van der Waals surface area contributed by atoms with Crippen molar-refractivity contribution >= 4 is 0 Å². The molecule has 0 aliphatic rings. The number of nitrogens with two attached hydrogens (primary N) is 1. The van der Waals surface area contributed by atoms with Gasteiger partial charge in [-0.1, -0.05) is 13.8 Å². The average molecular weight is 279 g/mol. The van der Waals surface area contributed by atoms with Crippen LogP contribution in [0.1, 0.15) is 45.0 Å². The van der Waals surface area contributed by atoms with Crippen LogP contribution in [0.15, 0.2) is 12.1 Å². The predicted molar refractivity (Wildman–Crippen MR) is 84.0 cm³/mol. The molecule has 0 spiro atoms. The van der Waals surface area contributed by atoms with Gasteiger partial charge >= 0.3 is 0 Å². The van der Waals surface area contributed by atoms with Gasteiger partial charge in [0.1, 0.15) is 5.75 Å². The summed E-state index contributed by atoms with van der Waals surface area (Å²) in [5.74, 6) is 0.870. The molecule has 0 aliphatic heterocycles. The minimum Gasteiger partial charge on any atom is -0.497 e. The molecule has 0 saturated heterocycles. The first kappa shape index (κ1) is 16.9. The molecular formula is C16H29N3O. The molecule has 1 aromatic heterocycles. The van der Waals surface area contributed by atoms with Crippen LogP contribution in [-0.4, -0.2) is 35.6 Å². The van der Waals surface area contributed by atoms with Gasteiger partial charge in [0, 0.05) is 36.5 Å². The largest absolute Gasteiger partial charge is 0.497 e. The summed E-state index contributed by atoms with van der Waals surface area (Å²) in [6.45, 7) is 11.1. The van der Waals surface area contributed by atoms with Crippen LogP contribution < -0.4 is 10.5 Å². The number of pyridine rings is 1. The number of aryl methyl sites for hydroxylation is 1. The van der Waals surface area contributed by atoms with Crippen molar-refractivity contribution in [1.29, 1.82) is 0 Å². The van der Waals surface area contributed by atoms with E-state index in [0.717, 1.165) is 43.1 Å². The highest BCUT2D eigenvalue weighted by molar-refractivity contribution is 5.26. The van der Waals surface area contributed by atoms with E-state index in [1.165, 1.54) is 0 Å². The third-order valence-electron chi connectivity index (χ3n) is 4.03. The normalized spacial score (nSPS) is 14.3. The lowest BCUT2D eigenvalue weighted by atomic mass is 9.95. The summed E-state index contributed by atoms with van der Waals surface area (Å²) in [6.07, 6.45) is 2.14. The fourth-order valence-corrected chi connectivity index (χ4v) is 2.40. The molecule has 1 heterocycles. The van der Waals surface area contributed by atoms with Crippen LogP contribution in [0.3, 0.4) is 0 Å². The van der Waals surface area contributed by atoms with Gasteiger partial charge in [-0.05, 0) is 33.2 Å². The topological polar surface area (TPSA) is 51.4 Å². The highest BCUT2D eigenvalue weighted by atomic mass is 16.5. The summed E-state index contributed by atoms with van der Waals surface area (Å²) in [7, 11) is 1.69. The Labute approximate surface area is 123 Å². The Bertz CT molecular complexity index is 416.